The van der Waals surface area contributed by atoms with E-state index < -0.39 is 8.07 Å². The molecule has 0 saturated heterocycles. The third kappa shape index (κ3) is 14.6. The van der Waals surface area contributed by atoms with Gasteiger partial charge in [0.1, 0.15) is 28.9 Å². The minimum Gasteiger partial charge on any atom is -0.506 e. The van der Waals surface area contributed by atoms with E-state index in [4.69, 9.17) is 4.98 Å². The number of phenols is 3. The van der Waals surface area contributed by atoms with Crippen LogP contribution in [0.3, 0.4) is 0 Å². The van der Waals surface area contributed by atoms with E-state index in [2.05, 4.69) is 171 Å². The minimum absolute atomic E-state index is 0. The number of anilines is 9. The van der Waals surface area contributed by atoms with Crippen molar-refractivity contribution < 1.29 is 78.5 Å². The molecule has 18 heteroatoms. The van der Waals surface area contributed by atoms with E-state index in [-0.39, 0.29) is 80.4 Å². The van der Waals surface area contributed by atoms with Crippen LogP contribution in [0.5, 0.6) is 17.2 Å². The molecule has 14 nitrogen and oxygen atoms in total. The van der Waals surface area contributed by atoms with Gasteiger partial charge in [0, 0.05) is 35.1 Å². The normalized spacial score (nSPS) is 12.8. The number of hydrogen-bond acceptors (Lipinski definition) is 13. The molecular weight excluding hydrogens is 1820 g/mol. The molecule has 4 aromatic heterocycles. The van der Waals surface area contributed by atoms with E-state index in [0.29, 0.717) is 0 Å². The van der Waals surface area contributed by atoms with Gasteiger partial charge in [-0.25, -0.2) is 9.97 Å². The zero-order valence-electron chi connectivity index (χ0n) is 54.4. The summed E-state index contributed by atoms with van der Waals surface area (Å²) in [6, 6.07) is 107. The third-order valence-corrected chi connectivity index (χ3v) is 21.8. The van der Waals surface area contributed by atoms with E-state index in [1.807, 2.05) is 232 Å². The Balaban J connectivity index is 0.000000143. The Morgan fingerprint density at radius 3 is 1.31 bits per heavy atom. The van der Waals surface area contributed by atoms with Crippen LogP contribution in [0.4, 0.5) is 51.3 Å². The first-order valence-corrected chi connectivity index (χ1v) is 34.2. The topological polar surface area (TPSA) is 127 Å². The van der Waals surface area contributed by atoms with Gasteiger partial charge < -0.3 is 54.2 Å². The third-order valence-electron chi connectivity index (χ3n) is 17.2. The standard InChI is InChI=1S/C32H25N3OSi.C26H18N4O.C26H20N4O.3Pt/c36-31-19-8-7-18-30(31)35-23-22-34(25-35)26-12-11-17-29(24-26)37(27-13-3-1-4-14-27,28-15-5-2-6-16-28)32-20-9-10-21-33-32;31-25-10-4-3-9-23(25)29-16-15-28(18-29)19-12-13-21-20-7-1-2-8-22(20)30(24(21)17-19)26-11-5-6-14-27-26;31-25-14-5-4-13-24(25)29-18-17-28(20-29)22-11-8-12-23(19-22)30(21-9-2-1-3-10-21)26-15-6-7-16-27-26;;;/h1-23,25,36H;1-16,18,31H;1-18,20,31H;;;/q3*-2;3*+2. The molecule has 0 amide bonds. The van der Waals surface area contributed by atoms with Gasteiger partial charge in [-0.05, 0) is 144 Å². The second-order valence-electron chi connectivity index (χ2n) is 23.2. The van der Waals surface area contributed by atoms with Crippen LogP contribution < -0.4 is 55.2 Å². The summed E-state index contributed by atoms with van der Waals surface area (Å²) < 4.78 is 2.15. The Kier molecular flexibility index (Phi) is 22.6. The first kappa shape index (κ1) is 70.8. The van der Waals surface area contributed by atoms with Crippen molar-refractivity contribution in [3.05, 3.63) is 385 Å². The number of fused-ring (bicyclic) bond motifs is 3. The minimum atomic E-state index is -2.76. The Morgan fingerprint density at radius 1 is 0.343 bits per heavy atom. The van der Waals surface area contributed by atoms with Crippen molar-refractivity contribution in [1.82, 2.24) is 19.5 Å². The molecule has 0 saturated carbocycles. The maximum Gasteiger partial charge on any atom is 2.00 e. The van der Waals surface area contributed by atoms with E-state index in [1.165, 1.54) is 15.8 Å². The number of para-hydroxylation sites is 8. The van der Waals surface area contributed by atoms with Crippen LogP contribution in [-0.2, 0) is 63.2 Å². The van der Waals surface area contributed by atoms with Gasteiger partial charge in [0.25, 0.3) is 0 Å². The van der Waals surface area contributed by atoms with Gasteiger partial charge in [-0.2, -0.15) is 41.6 Å². The molecule has 0 unspecified atom stereocenters. The van der Waals surface area contributed by atoms with Crippen molar-refractivity contribution in [2.45, 2.75) is 0 Å². The largest absolute Gasteiger partial charge is 2.00 e. The van der Waals surface area contributed by atoms with Crippen LogP contribution >= 0.6 is 0 Å². The number of hydrogen-bond donors (Lipinski definition) is 3. The Labute approximate surface area is 637 Å². The maximum atomic E-state index is 10.3. The first-order valence-electron chi connectivity index (χ1n) is 32.2. The van der Waals surface area contributed by atoms with Crippen molar-refractivity contribution in [3.8, 4) is 23.1 Å². The fourth-order valence-electron chi connectivity index (χ4n) is 12.6. The van der Waals surface area contributed by atoms with E-state index in [1.54, 1.807) is 30.6 Å². The molecule has 3 aliphatic rings. The van der Waals surface area contributed by atoms with E-state index >= 15 is 0 Å². The van der Waals surface area contributed by atoms with Crippen molar-refractivity contribution >= 4 is 102 Å². The number of phenolic OH excluding ortho intramolecular Hbond substituents is 3. The number of benzene rings is 10. The molecule has 3 N–H and O–H groups in total. The van der Waals surface area contributed by atoms with Gasteiger partial charge >= 0.3 is 63.2 Å². The second kappa shape index (κ2) is 32.5. The zero-order chi connectivity index (χ0) is 66.9. The number of aromatic hydroxyl groups is 3. The molecule has 0 atom stereocenters. The van der Waals surface area contributed by atoms with Gasteiger partial charge in [0.2, 0.25) is 0 Å². The summed E-state index contributed by atoms with van der Waals surface area (Å²) in [5, 5.41) is 37.7. The van der Waals surface area contributed by atoms with Gasteiger partial charge in [0.05, 0.1) is 17.1 Å². The van der Waals surface area contributed by atoms with Crippen LogP contribution in [-0.4, -0.2) is 42.9 Å². The molecule has 3 aliphatic heterocycles. The fourth-order valence-corrected chi connectivity index (χ4v) is 17.1. The smallest absolute Gasteiger partial charge is 0.506 e. The summed E-state index contributed by atoms with van der Waals surface area (Å²) in [6.07, 6.45) is 17.1. The molecule has 10 aromatic carbocycles. The SMILES string of the molecule is Oc1ccccc1N1C=CN(c2[c-]c(N(c3ccccc3)c3ccccn3)ccc2)[CH-]1.Oc1ccccc1N1C=CN(c2[c-]c([Si](c3ccccc3)(c3ccccc3)c3ccccn3)ccc2)[CH-]1.Oc1ccccc1N1C=CN(c2[c-]c3c(cc2)c2ccccc2n3-c2ccccn2)[CH-]1.[Pt+2].[Pt+2].[Pt+2]. The number of rotatable bonds is 14. The van der Waals surface area contributed by atoms with Gasteiger partial charge in [-0.3, -0.25) is 4.98 Å². The van der Waals surface area contributed by atoms with Crippen molar-refractivity contribution in [3.63, 3.8) is 0 Å². The summed E-state index contributed by atoms with van der Waals surface area (Å²) in [4.78, 5) is 27.8. The average Bonchev–Trinajstić information content (AvgIpc) is 1.45. The Bertz CT molecular complexity index is 5070. The summed E-state index contributed by atoms with van der Waals surface area (Å²) >= 11 is 0. The van der Waals surface area contributed by atoms with Crippen LogP contribution in [0.15, 0.2) is 347 Å². The number of aromatic nitrogens is 4. The molecule has 17 rings (SSSR count). The summed E-state index contributed by atoms with van der Waals surface area (Å²) in [7, 11) is -2.76. The predicted molar refractivity (Wildman–Crippen MR) is 401 cm³/mol. The Hall–Kier alpha value is -11.0. The quantitative estimate of drug-likeness (QED) is 0.0544. The van der Waals surface area contributed by atoms with E-state index in [0.717, 1.165) is 84.1 Å². The summed E-state index contributed by atoms with van der Waals surface area (Å²) in [5.74, 6) is 2.38. The molecule has 506 valence electrons. The fraction of sp³-hybridized carbons (Fsp3) is 0. The van der Waals surface area contributed by atoms with Crippen molar-refractivity contribution in [1.29, 1.82) is 0 Å². The van der Waals surface area contributed by atoms with Crippen LogP contribution in [0.1, 0.15) is 0 Å². The summed E-state index contributed by atoms with van der Waals surface area (Å²) in [5.41, 5.74) is 8.83. The second-order valence-corrected chi connectivity index (χ2v) is 26.9. The molecule has 0 aliphatic carbocycles. The van der Waals surface area contributed by atoms with Crippen molar-refractivity contribution in [2.24, 2.45) is 0 Å². The average molecular weight is 1890 g/mol. The maximum absolute atomic E-state index is 10.3. The van der Waals surface area contributed by atoms with Gasteiger partial charge in [-0.1, -0.05) is 163 Å². The predicted octanol–water partition coefficient (Wildman–Crippen LogP) is 15.5. The molecule has 0 bridgehead atoms. The summed E-state index contributed by atoms with van der Waals surface area (Å²) in [6.45, 7) is 5.80. The molecule has 0 fully saturated rings. The zero-order valence-corrected chi connectivity index (χ0v) is 62.2. The molecule has 14 aromatic rings. The molecule has 7 heterocycles. The van der Waals surface area contributed by atoms with Crippen LogP contribution in [0.2, 0.25) is 0 Å². The molecule has 0 spiro atoms. The molecule has 0 radical (unpaired) electrons. The Morgan fingerprint density at radius 2 is 0.794 bits per heavy atom. The molecular formula is C84H63N11O3Pt3Si. The molecule has 102 heavy (non-hydrogen) atoms. The van der Waals surface area contributed by atoms with Gasteiger partial charge in [-0.15, -0.1) is 72.8 Å². The first-order chi connectivity index (χ1) is 48.8. The monoisotopic (exact) mass is 1890 g/mol. The van der Waals surface area contributed by atoms with Crippen LogP contribution in [0, 0.1) is 38.2 Å². The van der Waals surface area contributed by atoms with Crippen LogP contribution in [0.25, 0.3) is 27.6 Å². The van der Waals surface area contributed by atoms with E-state index in [9.17, 15) is 15.3 Å². The number of nitrogens with zero attached hydrogens (tertiary/aromatic N) is 11. The van der Waals surface area contributed by atoms with Crippen molar-refractivity contribution in [2.75, 3.05) is 34.3 Å². The van der Waals surface area contributed by atoms with Gasteiger partial charge in [0.15, 0.2) is 8.07 Å². The number of pyridine rings is 3.